The normalized spacial score (nSPS) is 16.8. The molecule has 2 aliphatic rings. The van der Waals surface area contributed by atoms with Crippen molar-refractivity contribution < 1.29 is 14.3 Å². The van der Waals surface area contributed by atoms with E-state index in [0.717, 1.165) is 0 Å². The predicted molar refractivity (Wildman–Crippen MR) is 94.3 cm³/mol. The second kappa shape index (κ2) is 6.65. The predicted octanol–water partition coefficient (Wildman–Crippen LogP) is -0.514. The molecule has 0 saturated carbocycles. The number of pyridine rings is 1. The first-order valence-electron chi connectivity index (χ1n) is 8.26. The molecule has 136 valence electrons. The Labute approximate surface area is 149 Å². The highest BCUT2D eigenvalue weighted by Crippen LogP contribution is 2.34. The Morgan fingerprint density at radius 2 is 2.08 bits per heavy atom. The number of aromatic amines is 1. The summed E-state index contributed by atoms with van der Waals surface area (Å²) in [5.41, 5.74) is 6.61. The summed E-state index contributed by atoms with van der Waals surface area (Å²) >= 11 is 0. The van der Waals surface area contributed by atoms with Crippen LogP contribution in [0.5, 0.6) is 5.75 Å². The summed E-state index contributed by atoms with van der Waals surface area (Å²) in [6.07, 6.45) is 6.53. The molecule has 2 aromatic heterocycles. The number of hydrazine groups is 2. The minimum Gasteiger partial charge on any atom is -0.494 e. The Balaban J connectivity index is 1.75. The molecule has 4 heterocycles. The third kappa shape index (κ3) is 2.65. The van der Waals surface area contributed by atoms with Gasteiger partial charge in [0.1, 0.15) is 5.75 Å². The van der Waals surface area contributed by atoms with E-state index in [4.69, 9.17) is 4.74 Å². The van der Waals surface area contributed by atoms with Crippen LogP contribution in [0, 0.1) is 0 Å². The summed E-state index contributed by atoms with van der Waals surface area (Å²) in [7, 11) is 1.51. The van der Waals surface area contributed by atoms with Crippen molar-refractivity contribution in [2.75, 3.05) is 38.3 Å². The summed E-state index contributed by atoms with van der Waals surface area (Å²) in [4.78, 5) is 34.5. The SMILES string of the molecule is COc1cnc(N2C=CNN2)c2[nH]cc(C(=O)C(=O)N3CCNCC3)c12. The Kier molecular flexibility index (Phi) is 4.19. The highest BCUT2D eigenvalue weighted by Gasteiger charge is 2.29. The molecule has 10 nitrogen and oxygen atoms in total. The minimum absolute atomic E-state index is 0.278. The fourth-order valence-corrected chi connectivity index (χ4v) is 3.13. The van der Waals surface area contributed by atoms with E-state index in [0.29, 0.717) is 48.6 Å². The van der Waals surface area contributed by atoms with Gasteiger partial charge in [-0.2, -0.15) is 0 Å². The molecular formula is C16H19N7O3. The number of hydrogen-bond donors (Lipinski definition) is 4. The molecule has 2 aliphatic heterocycles. The Morgan fingerprint density at radius 1 is 1.27 bits per heavy atom. The zero-order valence-corrected chi connectivity index (χ0v) is 14.2. The highest BCUT2D eigenvalue weighted by atomic mass is 16.5. The van der Waals surface area contributed by atoms with E-state index >= 15 is 0 Å². The van der Waals surface area contributed by atoms with Gasteiger partial charge in [-0.15, -0.1) is 5.53 Å². The average molecular weight is 357 g/mol. The van der Waals surface area contributed by atoms with Crippen LogP contribution in [0.4, 0.5) is 5.82 Å². The van der Waals surface area contributed by atoms with Crippen LogP contribution in [0.3, 0.4) is 0 Å². The third-order valence-corrected chi connectivity index (χ3v) is 4.44. The number of aromatic nitrogens is 2. The number of carbonyl (C=O) groups excluding carboxylic acids is 2. The van der Waals surface area contributed by atoms with E-state index in [1.807, 2.05) is 0 Å². The van der Waals surface area contributed by atoms with Crippen LogP contribution in [0.25, 0.3) is 10.9 Å². The smallest absolute Gasteiger partial charge is 0.295 e. The first-order valence-corrected chi connectivity index (χ1v) is 8.26. The number of ketones is 1. The van der Waals surface area contributed by atoms with Crippen molar-refractivity contribution in [1.29, 1.82) is 0 Å². The summed E-state index contributed by atoms with van der Waals surface area (Å²) in [6, 6.07) is 0. The van der Waals surface area contributed by atoms with Gasteiger partial charge in [-0.3, -0.25) is 9.59 Å². The van der Waals surface area contributed by atoms with Gasteiger partial charge in [0.05, 0.1) is 29.8 Å². The fraction of sp³-hybridized carbons (Fsp3) is 0.312. The second-order valence-corrected chi connectivity index (χ2v) is 5.92. The maximum atomic E-state index is 12.9. The van der Waals surface area contributed by atoms with E-state index in [2.05, 4.69) is 26.2 Å². The van der Waals surface area contributed by atoms with Gasteiger partial charge in [-0.25, -0.2) is 9.99 Å². The number of methoxy groups -OCH3 is 1. The molecule has 2 aromatic rings. The lowest BCUT2D eigenvalue weighted by molar-refractivity contribution is -0.126. The van der Waals surface area contributed by atoms with Gasteiger partial charge in [-0.1, -0.05) is 0 Å². The monoisotopic (exact) mass is 357 g/mol. The summed E-state index contributed by atoms with van der Waals surface area (Å²) < 4.78 is 5.38. The van der Waals surface area contributed by atoms with Gasteiger partial charge in [-0.05, 0) is 0 Å². The number of hydrogen-bond acceptors (Lipinski definition) is 8. The molecule has 1 saturated heterocycles. The van der Waals surface area contributed by atoms with E-state index in [9.17, 15) is 9.59 Å². The number of carbonyl (C=O) groups is 2. The molecule has 0 atom stereocenters. The van der Waals surface area contributed by atoms with Crippen LogP contribution in [0.2, 0.25) is 0 Å². The van der Waals surface area contributed by atoms with Gasteiger partial charge >= 0.3 is 0 Å². The molecule has 26 heavy (non-hydrogen) atoms. The van der Waals surface area contributed by atoms with Crippen LogP contribution in [0.1, 0.15) is 10.4 Å². The molecule has 4 rings (SSSR count). The van der Waals surface area contributed by atoms with Crippen LogP contribution in [-0.4, -0.2) is 59.8 Å². The number of H-pyrrole nitrogens is 1. The highest BCUT2D eigenvalue weighted by molar-refractivity contribution is 6.45. The number of fused-ring (bicyclic) bond motifs is 1. The van der Waals surface area contributed by atoms with Gasteiger partial charge < -0.3 is 25.4 Å². The van der Waals surface area contributed by atoms with Crippen LogP contribution < -0.4 is 26.0 Å². The molecule has 1 fully saturated rings. The number of Topliss-reactive ketones (excluding diaryl/α,β-unsaturated/α-hetero) is 1. The van der Waals surface area contributed by atoms with Gasteiger partial charge in [0.25, 0.3) is 11.7 Å². The largest absolute Gasteiger partial charge is 0.494 e. The van der Waals surface area contributed by atoms with E-state index in [1.54, 1.807) is 22.3 Å². The summed E-state index contributed by atoms with van der Waals surface area (Å²) in [6.45, 7) is 2.41. The molecule has 0 bridgehead atoms. The number of anilines is 1. The van der Waals surface area contributed by atoms with E-state index in [1.165, 1.54) is 19.5 Å². The molecule has 10 heteroatoms. The number of nitrogens with one attached hydrogen (secondary N) is 4. The summed E-state index contributed by atoms with van der Waals surface area (Å²) in [5.74, 6) is -0.0846. The Hall–Kier alpha value is -3.11. The second-order valence-electron chi connectivity index (χ2n) is 5.92. The van der Waals surface area contributed by atoms with Crippen molar-refractivity contribution in [3.8, 4) is 5.75 Å². The Morgan fingerprint density at radius 3 is 2.77 bits per heavy atom. The maximum Gasteiger partial charge on any atom is 0.295 e. The first kappa shape index (κ1) is 16.4. The topological polar surface area (TPSA) is 115 Å². The van der Waals surface area contributed by atoms with Gasteiger partial charge in [0.2, 0.25) is 0 Å². The quantitative estimate of drug-likeness (QED) is 0.427. The number of amides is 1. The zero-order chi connectivity index (χ0) is 18.1. The Bertz CT molecular complexity index is 885. The third-order valence-electron chi connectivity index (χ3n) is 4.44. The van der Waals surface area contributed by atoms with Crippen molar-refractivity contribution in [2.24, 2.45) is 0 Å². The van der Waals surface area contributed by atoms with Crippen LogP contribution in [-0.2, 0) is 4.79 Å². The molecule has 4 N–H and O–H groups in total. The average Bonchev–Trinajstić information content (AvgIpc) is 3.37. The van der Waals surface area contributed by atoms with Gasteiger partial charge in [0.15, 0.2) is 5.82 Å². The van der Waals surface area contributed by atoms with Crippen molar-refractivity contribution in [2.45, 2.75) is 0 Å². The summed E-state index contributed by atoms with van der Waals surface area (Å²) in [5, 5.41) is 5.36. The van der Waals surface area contributed by atoms with Crippen LogP contribution >= 0.6 is 0 Å². The lowest BCUT2D eigenvalue weighted by Crippen LogP contribution is -2.48. The molecule has 0 spiro atoms. The molecule has 1 amide bonds. The maximum absolute atomic E-state index is 12.9. The number of piperazine rings is 1. The molecule has 0 unspecified atom stereocenters. The number of nitrogens with zero attached hydrogens (tertiary/aromatic N) is 3. The lowest BCUT2D eigenvalue weighted by atomic mass is 10.1. The van der Waals surface area contributed by atoms with Crippen molar-refractivity contribution in [3.63, 3.8) is 0 Å². The zero-order valence-electron chi connectivity index (χ0n) is 14.2. The molecule has 0 radical (unpaired) electrons. The molecule has 0 aromatic carbocycles. The van der Waals surface area contributed by atoms with Crippen molar-refractivity contribution in [1.82, 2.24) is 31.1 Å². The number of ether oxygens (including phenoxy) is 1. The van der Waals surface area contributed by atoms with Crippen molar-refractivity contribution >= 4 is 28.4 Å². The minimum atomic E-state index is -0.559. The van der Waals surface area contributed by atoms with E-state index < -0.39 is 11.7 Å². The standard InChI is InChI=1S/C16H19N7O3/c1-26-11-9-19-15(23-7-4-20-21-23)13-12(11)10(8-18-13)14(24)16(25)22-5-2-17-3-6-22/h4,7-9,17-18,20-21H,2-3,5-6H2,1H3. The lowest BCUT2D eigenvalue weighted by Gasteiger charge is -2.26. The van der Waals surface area contributed by atoms with Crippen molar-refractivity contribution in [3.05, 3.63) is 30.4 Å². The van der Waals surface area contributed by atoms with E-state index in [-0.39, 0.29) is 5.56 Å². The molecular weight excluding hydrogens is 338 g/mol. The fourth-order valence-electron chi connectivity index (χ4n) is 3.13. The first-order chi connectivity index (χ1) is 12.7. The number of rotatable bonds is 4. The van der Waals surface area contributed by atoms with Gasteiger partial charge in [0, 0.05) is 44.8 Å². The van der Waals surface area contributed by atoms with Crippen LogP contribution in [0.15, 0.2) is 24.8 Å². The molecule has 0 aliphatic carbocycles.